The quantitative estimate of drug-likeness (QED) is 0.768. The van der Waals surface area contributed by atoms with Crippen LogP contribution in [0.25, 0.3) is 11.4 Å². The molecule has 1 saturated heterocycles. The Kier molecular flexibility index (Phi) is 4.68. The summed E-state index contributed by atoms with van der Waals surface area (Å²) in [6, 6.07) is 15.0. The number of likely N-dealkylation sites (tertiary alicyclic amines) is 1. The van der Waals surface area contributed by atoms with E-state index in [9.17, 15) is 9.18 Å². The Labute approximate surface area is 156 Å². The van der Waals surface area contributed by atoms with Gasteiger partial charge in [0.1, 0.15) is 5.82 Å². The molecule has 2 aromatic carbocycles. The molecular formula is C20H19FN4O2. The third kappa shape index (κ3) is 3.73. The van der Waals surface area contributed by atoms with Crippen LogP contribution in [-0.2, 0) is 0 Å². The Morgan fingerprint density at radius 2 is 1.93 bits per heavy atom. The summed E-state index contributed by atoms with van der Waals surface area (Å²) >= 11 is 0. The fourth-order valence-electron chi connectivity index (χ4n) is 3.34. The first-order valence-electron chi connectivity index (χ1n) is 8.76. The summed E-state index contributed by atoms with van der Waals surface area (Å²) in [6.07, 6.45) is 0.681. The number of nitrogens with zero attached hydrogens (tertiary/aromatic N) is 3. The number of likely N-dealkylation sites (N-methyl/N-ethyl adjacent to an activating group) is 1. The second-order valence-electron chi connectivity index (χ2n) is 6.69. The molecule has 138 valence electrons. The Balaban J connectivity index is 1.44. The summed E-state index contributed by atoms with van der Waals surface area (Å²) in [6.45, 7) is 0.692. The molecule has 0 radical (unpaired) electrons. The van der Waals surface area contributed by atoms with E-state index in [1.165, 1.54) is 12.1 Å². The van der Waals surface area contributed by atoms with Gasteiger partial charge in [-0.05, 0) is 49.9 Å². The minimum atomic E-state index is -0.310. The smallest absolute Gasteiger partial charge is 0.251 e. The van der Waals surface area contributed by atoms with Crippen molar-refractivity contribution in [3.63, 3.8) is 0 Å². The maximum absolute atomic E-state index is 13.1. The van der Waals surface area contributed by atoms with Gasteiger partial charge in [0.05, 0.1) is 6.04 Å². The number of halogens is 1. The average Bonchev–Trinajstić information content (AvgIpc) is 3.30. The second-order valence-corrected chi connectivity index (χ2v) is 6.69. The van der Waals surface area contributed by atoms with Crippen molar-refractivity contribution >= 4 is 5.91 Å². The van der Waals surface area contributed by atoms with E-state index in [2.05, 4.69) is 20.4 Å². The van der Waals surface area contributed by atoms with Crippen molar-refractivity contribution in [3.8, 4) is 11.4 Å². The van der Waals surface area contributed by atoms with E-state index in [1.54, 1.807) is 24.3 Å². The molecule has 1 aromatic heterocycles. The van der Waals surface area contributed by atoms with Crippen molar-refractivity contribution in [1.82, 2.24) is 20.4 Å². The molecule has 1 aliphatic rings. The first-order chi connectivity index (χ1) is 13.1. The van der Waals surface area contributed by atoms with Crippen LogP contribution < -0.4 is 5.32 Å². The third-order valence-corrected chi connectivity index (χ3v) is 4.75. The van der Waals surface area contributed by atoms with Gasteiger partial charge in [0.25, 0.3) is 5.91 Å². The number of aromatic nitrogens is 2. The maximum atomic E-state index is 13.1. The van der Waals surface area contributed by atoms with Crippen molar-refractivity contribution in [2.24, 2.45) is 0 Å². The van der Waals surface area contributed by atoms with E-state index < -0.39 is 0 Å². The minimum absolute atomic E-state index is 0.00567. The monoisotopic (exact) mass is 366 g/mol. The maximum Gasteiger partial charge on any atom is 0.251 e. The number of hydrogen-bond donors (Lipinski definition) is 1. The van der Waals surface area contributed by atoms with Crippen LogP contribution in [0.5, 0.6) is 0 Å². The average molecular weight is 366 g/mol. The molecule has 0 bridgehead atoms. The van der Waals surface area contributed by atoms with Gasteiger partial charge in [0.2, 0.25) is 11.7 Å². The predicted molar refractivity (Wildman–Crippen MR) is 97.4 cm³/mol. The molecule has 0 spiro atoms. The van der Waals surface area contributed by atoms with E-state index in [1.807, 2.05) is 25.2 Å². The summed E-state index contributed by atoms with van der Waals surface area (Å²) in [7, 11) is 1.96. The fourth-order valence-corrected chi connectivity index (χ4v) is 3.34. The molecule has 4 rings (SSSR count). The van der Waals surface area contributed by atoms with Crippen LogP contribution in [0.1, 0.15) is 28.7 Å². The number of rotatable bonds is 4. The van der Waals surface area contributed by atoms with E-state index >= 15 is 0 Å². The highest BCUT2D eigenvalue weighted by Gasteiger charge is 2.35. The Morgan fingerprint density at radius 1 is 1.19 bits per heavy atom. The van der Waals surface area contributed by atoms with Crippen LogP contribution in [0.2, 0.25) is 0 Å². The largest absolute Gasteiger partial charge is 0.348 e. The Bertz CT molecular complexity index is 927. The molecular weight excluding hydrogens is 347 g/mol. The lowest BCUT2D eigenvalue weighted by Gasteiger charge is -2.14. The second kappa shape index (κ2) is 7.28. The van der Waals surface area contributed by atoms with Crippen LogP contribution in [0.15, 0.2) is 59.1 Å². The van der Waals surface area contributed by atoms with Gasteiger partial charge in [-0.3, -0.25) is 9.69 Å². The molecule has 3 aromatic rings. The highest BCUT2D eigenvalue weighted by molar-refractivity contribution is 5.94. The van der Waals surface area contributed by atoms with E-state index in [0.29, 0.717) is 35.8 Å². The molecule has 1 fully saturated rings. The van der Waals surface area contributed by atoms with Crippen molar-refractivity contribution in [3.05, 3.63) is 71.9 Å². The van der Waals surface area contributed by atoms with Gasteiger partial charge in [-0.15, -0.1) is 0 Å². The van der Waals surface area contributed by atoms with Crippen LogP contribution >= 0.6 is 0 Å². The van der Waals surface area contributed by atoms with Gasteiger partial charge in [-0.1, -0.05) is 23.4 Å². The SMILES string of the molecule is CN1C[C@@H](NC(=O)c2ccccc2)C[C@H]1c1nc(-c2ccc(F)cc2)no1. The van der Waals surface area contributed by atoms with Gasteiger partial charge < -0.3 is 9.84 Å². The molecule has 0 aliphatic carbocycles. The zero-order valence-corrected chi connectivity index (χ0v) is 14.8. The molecule has 2 atom stereocenters. The lowest BCUT2D eigenvalue weighted by atomic mass is 10.1. The summed E-state index contributed by atoms with van der Waals surface area (Å²) in [5.74, 6) is 0.519. The summed E-state index contributed by atoms with van der Waals surface area (Å²) in [5.41, 5.74) is 1.33. The van der Waals surface area contributed by atoms with E-state index in [-0.39, 0.29) is 23.8 Å². The highest BCUT2D eigenvalue weighted by atomic mass is 19.1. The molecule has 27 heavy (non-hydrogen) atoms. The number of nitrogens with one attached hydrogen (secondary N) is 1. The number of amides is 1. The molecule has 1 aliphatic heterocycles. The van der Waals surface area contributed by atoms with E-state index in [0.717, 1.165) is 0 Å². The topological polar surface area (TPSA) is 71.3 Å². The van der Waals surface area contributed by atoms with Gasteiger partial charge in [-0.2, -0.15) is 4.98 Å². The molecule has 7 heteroatoms. The predicted octanol–water partition coefficient (Wildman–Crippen LogP) is 3.05. The number of benzene rings is 2. The molecule has 0 saturated carbocycles. The molecule has 2 heterocycles. The summed E-state index contributed by atoms with van der Waals surface area (Å²) in [5, 5.41) is 7.06. The Hall–Kier alpha value is -3.06. The third-order valence-electron chi connectivity index (χ3n) is 4.75. The normalized spacial score (nSPS) is 19.9. The number of carbonyl (C=O) groups is 1. The molecule has 1 N–H and O–H groups in total. The highest BCUT2D eigenvalue weighted by Crippen LogP contribution is 2.31. The van der Waals surface area contributed by atoms with Crippen LogP contribution in [0.3, 0.4) is 0 Å². The standard InChI is InChI=1S/C20H19FN4O2/c1-25-12-16(22-19(26)14-5-3-2-4-6-14)11-17(25)20-23-18(24-27-20)13-7-9-15(21)10-8-13/h2-10,16-17H,11-12H2,1H3,(H,22,26)/t16-,17-/m0/s1. The van der Waals surface area contributed by atoms with Gasteiger partial charge in [-0.25, -0.2) is 4.39 Å². The van der Waals surface area contributed by atoms with Gasteiger partial charge in [0.15, 0.2) is 0 Å². The van der Waals surface area contributed by atoms with Crippen LogP contribution in [0, 0.1) is 5.82 Å². The first-order valence-corrected chi connectivity index (χ1v) is 8.76. The van der Waals surface area contributed by atoms with Crippen LogP contribution in [-0.4, -0.2) is 40.6 Å². The summed E-state index contributed by atoms with van der Waals surface area (Å²) in [4.78, 5) is 18.9. The Morgan fingerprint density at radius 3 is 2.67 bits per heavy atom. The zero-order valence-electron chi connectivity index (χ0n) is 14.8. The van der Waals surface area contributed by atoms with E-state index in [4.69, 9.17) is 4.52 Å². The summed E-state index contributed by atoms with van der Waals surface area (Å²) < 4.78 is 18.5. The molecule has 0 unspecified atom stereocenters. The molecule has 1 amide bonds. The number of hydrogen-bond acceptors (Lipinski definition) is 5. The fraction of sp³-hybridized carbons (Fsp3) is 0.250. The molecule has 6 nitrogen and oxygen atoms in total. The minimum Gasteiger partial charge on any atom is -0.348 e. The lowest BCUT2D eigenvalue weighted by Crippen LogP contribution is -2.36. The van der Waals surface area contributed by atoms with Gasteiger partial charge >= 0.3 is 0 Å². The van der Waals surface area contributed by atoms with Gasteiger partial charge in [0, 0.05) is 23.7 Å². The first kappa shape index (κ1) is 17.4. The number of carbonyl (C=O) groups excluding carboxylic acids is 1. The zero-order chi connectivity index (χ0) is 18.8. The lowest BCUT2D eigenvalue weighted by molar-refractivity contribution is 0.0938. The van der Waals surface area contributed by atoms with Crippen molar-refractivity contribution < 1.29 is 13.7 Å². The van der Waals surface area contributed by atoms with Crippen molar-refractivity contribution in [1.29, 1.82) is 0 Å². The van der Waals surface area contributed by atoms with Crippen molar-refractivity contribution in [2.45, 2.75) is 18.5 Å². The van der Waals surface area contributed by atoms with Crippen molar-refractivity contribution in [2.75, 3.05) is 13.6 Å². The van der Waals surface area contributed by atoms with Crippen LogP contribution in [0.4, 0.5) is 4.39 Å².